The highest BCUT2D eigenvalue weighted by molar-refractivity contribution is 6.01. The van der Waals surface area contributed by atoms with Gasteiger partial charge in [0.05, 0.1) is 0 Å². The van der Waals surface area contributed by atoms with E-state index in [1.165, 1.54) is 19.1 Å². The second-order valence-electron chi connectivity index (χ2n) is 3.35. The molecule has 0 aliphatic heterocycles. The van der Waals surface area contributed by atoms with Crippen molar-refractivity contribution in [2.45, 2.75) is 6.92 Å². The van der Waals surface area contributed by atoms with Crippen LogP contribution in [0.25, 0.3) is 10.8 Å². The van der Waals surface area contributed by atoms with Crippen molar-refractivity contribution >= 4 is 22.4 Å². The van der Waals surface area contributed by atoms with E-state index in [-0.39, 0.29) is 11.7 Å². The van der Waals surface area contributed by atoms with Gasteiger partial charge in [0, 0.05) is 18.0 Å². The Balaban J connectivity index is 2.63. The normalized spacial score (nSPS) is 10.3. The molecule has 0 aliphatic rings. The number of carbonyl (C=O) groups is 1. The molecule has 0 radical (unpaired) electrons. The van der Waals surface area contributed by atoms with Crippen LogP contribution in [0.5, 0.6) is 0 Å². The summed E-state index contributed by atoms with van der Waals surface area (Å²) >= 11 is 0. The number of nitrogens with one attached hydrogen (secondary N) is 1. The lowest BCUT2D eigenvalue weighted by atomic mass is 10.1. The molecule has 0 unspecified atom stereocenters. The lowest BCUT2D eigenvalue weighted by Gasteiger charge is -2.06. The van der Waals surface area contributed by atoms with E-state index in [9.17, 15) is 9.18 Å². The summed E-state index contributed by atoms with van der Waals surface area (Å²) in [6.45, 7) is 1.43. The maximum atomic E-state index is 13.0. The summed E-state index contributed by atoms with van der Waals surface area (Å²) in [4.78, 5) is 10.9. The van der Waals surface area contributed by atoms with E-state index in [1.54, 1.807) is 12.1 Å². The van der Waals surface area contributed by atoms with E-state index in [1.807, 2.05) is 12.1 Å². The third-order valence-corrected chi connectivity index (χ3v) is 2.15. The van der Waals surface area contributed by atoms with Crippen molar-refractivity contribution in [1.82, 2.24) is 0 Å². The van der Waals surface area contributed by atoms with Crippen molar-refractivity contribution in [3.63, 3.8) is 0 Å². The highest BCUT2D eigenvalue weighted by Gasteiger charge is 2.02. The first-order valence-electron chi connectivity index (χ1n) is 4.63. The van der Waals surface area contributed by atoms with Gasteiger partial charge >= 0.3 is 0 Å². The molecule has 1 amide bonds. The minimum atomic E-state index is -0.305. The highest BCUT2D eigenvalue weighted by atomic mass is 19.1. The quantitative estimate of drug-likeness (QED) is 0.758. The van der Waals surface area contributed by atoms with Crippen molar-refractivity contribution in [3.8, 4) is 0 Å². The molecule has 3 heteroatoms. The Bertz CT molecular complexity index is 522. The Labute approximate surface area is 86.7 Å². The van der Waals surface area contributed by atoms with E-state index in [0.29, 0.717) is 11.1 Å². The van der Waals surface area contributed by atoms with Crippen LogP contribution >= 0.6 is 0 Å². The fourth-order valence-corrected chi connectivity index (χ4v) is 1.54. The van der Waals surface area contributed by atoms with Gasteiger partial charge in [0.15, 0.2) is 0 Å². The zero-order valence-electron chi connectivity index (χ0n) is 8.25. The molecule has 0 atom stereocenters. The summed E-state index contributed by atoms with van der Waals surface area (Å²) in [6, 6.07) is 9.96. The molecular formula is C12H10FNO. The van der Waals surface area contributed by atoms with E-state index in [2.05, 4.69) is 5.32 Å². The molecule has 2 rings (SSSR count). The third-order valence-electron chi connectivity index (χ3n) is 2.15. The molecule has 2 aromatic carbocycles. The van der Waals surface area contributed by atoms with Crippen molar-refractivity contribution in [2.24, 2.45) is 0 Å². The van der Waals surface area contributed by atoms with Gasteiger partial charge in [-0.1, -0.05) is 18.2 Å². The van der Waals surface area contributed by atoms with Gasteiger partial charge in [-0.15, -0.1) is 0 Å². The van der Waals surface area contributed by atoms with Gasteiger partial charge in [-0.3, -0.25) is 4.79 Å². The minimum absolute atomic E-state index is 0.160. The van der Waals surface area contributed by atoms with Gasteiger partial charge in [-0.2, -0.15) is 0 Å². The zero-order chi connectivity index (χ0) is 10.8. The highest BCUT2D eigenvalue weighted by Crippen LogP contribution is 2.23. The molecule has 0 bridgehead atoms. The molecule has 0 fully saturated rings. The number of hydrogen-bond donors (Lipinski definition) is 1. The third kappa shape index (κ3) is 1.96. The Morgan fingerprint density at radius 3 is 2.80 bits per heavy atom. The number of fused-ring (bicyclic) bond motifs is 1. The SMILES string of the molecule is CC(=O)Nc1cccc2ccc(F)cc12. The Morgan fingerprint density at radius 2 is 2.07 bits per heavy atom. The van der Waals surface area contributed by atoms with E-state index in [0.717, 1.165) is 5.39 Å². The van der Waals surface area contributed by atoms with Crippen molar-refractivity contribution in [1.29, 1.82) is 0 Å². The maximum absolute atomic E-state index is 13.0. The lowest BCUT2D eigenvalue weighted by molar-refractivity contribution is -0.114. The second kappa shape index (κ2) is 3.69. The first-order chi connectivity index (χ1) is 7.16. The Morgan fingerprint density at radius 1 is 1.27 bits per heavy atom. The van der Waals surface area contributed by atoms with Crippen LogP contribution in [0.3, 0.4) is 0 Å². The lowest BCUT2D eigenvalue weighted by Crippen LogP contribution is -2.05. The topological polar surface area (TPSA) is 29.1 Å². The largest absolute Gasteiger partial charge is 0.326 e. The monoisotopic (exact) mass is 203 g/mol. The molecule has 0 aromatic heterocycles. The molecule has 15 heavy (non-hydrogen) atoms. The summed E-state index contributed by atoms with van der Waals surface area (Å²) in [5.74, 6) is -0.466. The van der Waals surface area contributed by atoms with E-state index in [4.69, 9.17) is 0 Å². The fourth-order valence-electron chi connectivity index (χ4n) is 1.54. The smallest absolute Gasteiger partial charge is 0.221 e. The summed E-state index contributed by atoms with van der Waals surface area (Å²) in [7, 11) is 0. The maximum Gasteiger partial charge on any atom is 0.221 e. The molecule has 2 nitrogen and oxygen atoms in total. The average molecular weight is 203 g/mol. The number of anilines is 1. The van der Waals surface area contributed by atoms with Crippen molar-refractivity contribution < 1.29 is 9.18 Å². The summed E-state index contributed by atoms with van der Waals surface area (Å²) in [6.07, 6.45) is 0. The number of benzene rings is 2. The molecule has 0 aliphatic carbocycles. The van der Waals surface area contributed by atoms with Gasteiger partial charge in [-0.25, -0.2) is 4.39 Å². The van der Waals surface area contributed by atoms with Gasteiger partial charge in [0.25, 0.3) is 0 Å². The van der Waals surface area contributed by atoms with E-state index < -0.39 is 0 Å². The summed E-state index contributed by atoms with van der Waals surface area (Å²) in [5, 5.41) is 4.29. The zero-order valence-corrected chi connectivity index (χ0v) is 8.25. The molecule has 1 N–H and O–H groups in total. The van der Waals surface area contributed by atoms with E-state index >= 15 is 0 Å². The minimum Gasteiger partial charge on any atom is -0.326 e. The molecule has 0 saturated carbocycles. The van der Waals surface area contributed by atoms with Gasteiger partial charge in [0.2, 0.25) is 5.91 Å². The van der Waals surface area contributed by atoms with Crippen LogP contribution in [-0.4, -0.2) is 5.91 Å². The molecular weight excluding hydrogens is 193 g/mol. The van der Waals surface area contributed by atoms with Crippen LogP contribution < -0.4 is 5.32 Å². The van der Waals surface area contributed by atoms with Crippen LogP contribution in [0.4, 0.5) is 10.1 Å². The average Bonchev–Trinajstić information content (AvgIpc) is 2.18. The fraction of sp³-hybridized carbons (Fsp3) is 0.0833. The molecule has 76 valence electrons. The van der Waals surface area contributed by atoms with Crippen LogP contribution in [0.2, 0.25) is 0 Å². The van der Waals surface area contributed by atoms with Crippen LogP contribution in [-0.2, 0) is 4.79 Å². The van der Waals surface area contributed by atoms with Gasteiger partial charge in [-0.05, 0) is 23.6 Å². The first-order valence-corrected chi connectivity index (χ1v) is 4.63. The van der Waals surface area contributed by atoms with Crippen LogP contribution in [0.1, 0.15) is 6.92 Å². The predicted octanol–water partition coefficient (Wildman–Crippen LogP) is 2.94. The molecule has 2 aromatic rings. The number of halogens is 1. The van der Waals surface area contributed by atoms with Crippen LogP contribution in [0.15, 0.2) is 36.4 Å². The predicted molar refractivity (Wildman–Crippen MR) is 58.2 cm³/mol. The Kier molecular flexibility index (Phi) is 2.37. The van der Waals surface area contributed by atoms with Crippen molar-refractivity contribution in [2.75, 3.05) is 5.32 Å². The second-order valence-corrected chi connectivity index (χ2v) is 3.35. The summed E-state index contributed by atoms with van der Waals surface area (Å²) < 4.78 is 13.0. The number of hydrogen-bond acceptors (Lipinski definition) is 1. The number of rotatable bonds is 1. The van der Waals surface area contributed by atoms with Crippen LogP contribution in [0, 0.1) is 5.82 Å². The van der Waals surface area contributed by atoms with Gasteiger partial charge in [0.1, 0.15) is 5.82 Å². The van der Waals surface area contributed by atoms with Crippen molar-refractivity contribution in [3.05, 3.63) is 42.2 Å². The summed E-state index contributed by atoms with van der Waals surface area (Å²) in [5.41, 5.74) is 0.638. The van der Waals surface area contributed by atoms with Gasteiger partial charge < -0.3 is 5.32 Å². The first kappa shape index (κ1) is 9.65. The molecule has 0 spiro atoms. The molecule has 0 saturated heterocycles. The standard InChI is InChI=1S/C12H10FNO/c1-8(15)14-12-4-2-3-9-5-6-10(13)7-11(9)12/h2-7H,1H3,(H,14,15). The number of amides is 1. The Hall–Kier alpha value is -1.90. The molecule has 0 heterocycles. The number of carbonyl (C=O) groups excluding carboxylic acids is 1.